The van der Waals surface area contributed by atoms with Crippen LogP contribution in [0.3, 0.4) is 0 Å². The molecule has 0 aliphatic heterocycles. The third-order valence-corrected chi connectivity index (χ3v) is 4.32. The predicted octanol–water partition coefficient (Wildman–Crippen LogP) is 1.99. The number of ether oxygens (including phenoxy) is 3. The predicted molar refractivity (Wildman–Crippen MR) is 108 cm³/mol. The molecule has 0 bridgehead atoms. The van der Waals surface area contributed by atoms with Crippen LogP contribution in [0.5, 0.6) is 0 Å². The zero-order valence-corrected chi connectivity index (χ0v) is 18.7. The van der Waals surface area contributed by atoms with Crippen LogP contribution in [-0.2, 0) is 23.8 Å². The Morgan fingerprint density at radius 2 is 1.23 bits per heavy atom. The number of amides is 3. The third kappa shape index (κ3) is 10.3. The maximum Gasteiger partial charge on any atom is 0.407 e. The van der Waals surface area contributed by atoms with E-state index in [0.717, 1.165) is 0 Å². The molecule has 172 valence electrons. The van der Waals surface area contributed by atoms with E-state index in [1.807, 2.05) is 20.8 Å². The van der Waals surface area contributed by atoms with Gasteiger partial charge in [0.1, 0.15) is 17.3 Å². The number of hydrogen-bond acceptors (Lipinski definition) is 7. The maximum absolute atomic E-state index is 11.3. The Morgan fingerprint density at radius 1 is 0.833 bits per heavy atom. The van der Waals surface area contributed by atoms with Gasteiger partial charge in [-0.15, -0.1) is 0 Å². The van der Waals surface area contributed by atoms with Gasteiger partial charge in [-0.25, -0.2) is 9.59 Å². The topological polar surface area (TPSA) is 146 Å². The van der Waals surface area contributed by atoms with Gasteiger partial charge in [-0.1, -0.05) is 0 Å². The van der Waals surface area contributed by atoms with Crippen LogP contribution in [0.4, 0.5) is 9.59 Å². The van der Waals surface area contributed by atoms with E-state index < -0.39 is 23.4 Å². The Balaban J connectivity index is 0.000000300. The number of carbonyl (C=O) groups excluding carboxylic acids is 4. The van der Waals surface area contributed by atoms with Crippen LogP contribution in [0, 0.1) is 5.92 Å². The maximum atomic E-state index is 11.3. The second kappa shape index (κ2) is 10.5. The summed E-state index contributed by atoms with van der Waals surface area (Å²) in [5.41, 5.74) is 4.14. The summed E-state index contributed by atoms with van der Waals surface area (Å²) >= 11 is 0. The molecule has 2 aliphatic rings. The van der Waals surface area contributed by atoms with E-state index >= 15 is 0 Å². The lowest BCUT2D eigenvalue weighted by Gasteiger charge is -2.34. The van der Waals surface area contributed by atoms with Gasteiger partial charge in [-0.2, -0.15) is 0 Å². The van der Waals surface area contributed by atoms with E-state index in [-0.39, 0.29) is 30.0 Å². The average molecular weight is 430 g/mol. The molecule has 3 amide bonds. The monoisotopic (exact) mass is 429 g/mol. The van der Waals surface area contributed by atoms with Crippen LogP contribution < -0.4 is 16.4 Å². The molecule has 0 unspecified atom stereocenters. The standard InChI is InChI=1S/C10H18N2O3.C10H17NO4/c1-10(2,3)15-9(14)12-7-4-6(5-7)8(11)13;1-10(2,3)15-9(13)11-7-4-8(5-7)14-6-12/h6-7H,4-5H2,1-3H3,(H2,11,13)(H,12,14);6-8H,4-5H2,1-3H3,(H,11,13). The number of hydrogen-bond donors (Lipinski definition) is 3. The highest BCUT2D eigenvalue weighted by atomic mass is 16.6. The Bertz CT molecular complexity index is 613. The van der Waals surface area contributed by atoms with Crippen molar-refractivity contribution in [2.45, 2.75) is 96.6 Å². The number of rotatable bonds is 5. The highest BCUT2D eigenvalue weighted by Gasteiger charge is 2.35. The second-order valence-corrected chi connectivity index (χ2v) is 9.58. The van der Waals surface area contributed by atoms with Crippen LogP contribution in [0.25, 0.3) is 0 Å². The van der Waals surface area contributed by atoms with Crippen molar-refractivity contribution in [2.24, 2.45) is 11.7 Å². The van der Waals surface area contributed by atoms with Crippen molar-refractivity contribution in [3.8, 4) is 0 Å². The van der Waals surface area contributed by atoms with Gasteiger partial charge < -0.3 is 30.6 Å². The summed E-state index contributed by atoms with van der Waals surface area (Å²) in [4.78, 5) is 43.3. The molecule has 2 rings (SSSR count). The first-order chi connectivity index (χ1) is 13.7. The Kier molecular flexibility index (Phi) is 8.92. The quantitative estimate of drug-likeness (QED) is 0.447. The lowest BCUT2D eigenvalue weighted by atomic mass is 9.80. The van der Waals surface area contributed by atoms with E-state index in [1.54, 1.807) is 20.8 Å². The molecular weight excluding hydrogens is 394 g/mol. The molecule has 2 aliphatic carbocycles. The van der Waals surface area contributed by atoms with Crippen LogP contribution >= 0.6 is 0 Å². The van der Waals surface area contributed by atoms with Crippen molar-refractivity contribution in [3.63, 3.8) is 0 Å². The van der Waals surface area contributed by atoms with Crippen molar-refractivity contribution in [1.82, 2.24) is 10.6 Å². The van der Waals surface area contributed by atoms with Gasteiger partial charge in [0.25, 0.3) is 6.47 Å². The van der Waals surface area contributed by atoms with Crippen LogP contribution in [0.15, 0.2) is 0 Å². The fourth-order valence-electron chi connectivity index (χ4n) is 2.79. The lowest BCUT2D eigenvalue weighted by molar-refractivity contribution is -0.138. The molecule has 0 saturated heterocycles. The summed E-state index contributed by atoms with van der Waals surface area (Å²) < 4.78 is 14.9. The fraction of sp³-hybridized carbons (Fsp3) is 0.800. The Labute approximate surface area is 177 Å². The van der Waals surface area contributed by atoms with Gasteiger partial charge in [0, 0.05) is 30.8 Å². The van der Waals surface area contributed by atoms with Crippen molar-refractivity contribution in [3.05, 3.63) is 0 Å². The Morgan fingerprint density at radius 3 is 1.57 bits per heavy atom. The first kappa shape index (κ1) is 25.5. The molecule has 0 aromatic heterocycles. The van der Waals surface area contributed by atoms with Gasteiger partial charge in [0.05, 0.1) is 0 Å². The summed E-state index contributed by atoms with van der Waals surface area (Å²) in [6, 6.07) is 0.0853. The van der Waals surface area contributed by atoms with Gasteiger partial charge in [0.15, 0.2) is 0 Å². The van der Waals surface area contributed by atoms with Crippen molar-refractivity contribution in [2.75, 3.05) is 0 Å². The zero-order valence-electron chi connectivity index (χ0n) is 18.7. The van der Waals surface area contributed by atoms with E-state index in [4.69, 9.17) is 19.9 Å². The minimum Gasteiger partial charge on any atom is -0.464 e. The average Bonchev–Trinajstić information content (AvgIpc) is 2.45. The number of nitrogens with two attached hydrogens (primary N) is 1. The summed E-state index contributed by atoms with van der Waals surface area (Å²) in [5, 5.41) is 5.39. The molecule has 0 atom stereocenters. The number of carbonyl (C=O) groups is 4. The van der Waals surface area contributed by atoms with E-state index in [2.05, 4.69) is 10.6 Å². The van der Waals surface area contributed by atoms with Crippen molar-refractivity contribution >= 4 is 24.6 Å². The summed E-state index contributed by atoms with van der Waals surface area (Å²) in [5.74, 6) is -0.387. The summed E-state index contributed by atoms with van der Waals surface area (Å²) in [7, 11) is 0. The van der Waals surface area contributed by atoms with Crippen molar-refractivity contribution in [1.29, 1.82) is 0 Å². The molecule has 0 radical (unpaired) electrons. The molecule has 0 aromatic rings. The molecule has 2 fully saturated rings. The minimum atomic E-state index is -0.489. The Hall–Kier alpha value is -2.52. The van der Waals surface area contributed by atoms with Gasteiger partial charge in [-0.3, -0.25) is 9.59 Å². The first-order valence-corrected chi connectivity index (χ1v) is 10.1. The second-order valence-electron chi connectivity index (χ2n) is 9.58. The highest BCUT2D eigenvalue weighted by Crippen LogP contribution is 2.27. The van der Waals surface area contributed by atoms with Gasteiger partial charge in [-0.05, 0) is 54.4 Å². The molecule has 30 heavy (non-hydrogen) atoms. The number of nitrogens with one attached hydrogen (secondary N) is 2. The fourth-order valence-corrected chi connectivity index (χ4v) is 2.79. The largest absolute Gasteiger partial charge is 0.464 e. The number of alkyl carbamates (subject to hydrolysis) is 2. The summed E-state index contributed by atoms with van der Waals surface area (Å²) in [6.07, 6.45) is 1.66. The zero-order chi connectivity index (χ0) is 23.1. The summed E-state index contributed by atoms with van der Waals surface area (Å²) in [6.45, 7) is 11.3. The molecular formula is C20H35N3O7. The molecule has 10 heteroatoms. The van der Waals surface area contributed by atoms with Crippen LogP contribution in [0.1, 0.15) is 67.2 Å². The molecule has 0 heterocycles. The molecule has 2 saturated carbocycles. The smallest absolute Gasteiger partial charge is 0.407 e. The van der Waals surface area contributed by atoms with Crippen LogP contribution in [0.2, 0.25) is 0 Å². The first-order valence-electron chi connectivity index (χ1n) is 10.1. The van der Waals surface area contributed by atoms with Gasteiger partial charge in [0.2, 0.25) is 5.91 Å². The molecule has 0 aromatic carbocycles. The molecule has 0 spiro atoms. The molecule has 10 nitrogen and oxygen atoms in total. The van der Waals surface area contributed by atoms with Crippen molar-refractivity contribution < 1.29 is 33.4 Å². The van der Waals surface area contributed by atoms with Gasteiger partial charge >= 0.3 is 12.2 Å². The van der Waals surface area contributed by atoms with Crippen LogP contribution in [-0.4, -0.2) is 54.0 Å². The molecule has 4 N–H and O–H groups in total. The highest BCUT2D eigenvalue weighted by molar-refractivity contribution is 5.78. The van der Waals surface area contributed by atoms with E-state index in [1.165, 1.54) is 0 Å². The number of primary amides is 1. The van der Waals surface area contributed by atoms with E-state index in [9.17, 15) is 19.2 Å². The SMILES string of the molecule is CC(C)(C)OC(=O)NC1CC(C(N)=O)C1.CC(C)(C)OC(=O)NC1CC(OC=O)C1. The third-order valence-electron chi connectivity index (χ3n) is 4.32. The van der Waals surface area contributed by atoms with E-state index in [0.29, 0.717) is 32.2 Å². The normalized spacial score (nSPS) is 25.1. The lowest BCUT2D eigenvalue weighted by Crippen LogP contribution is -2.49. The minimum absolute atomic E-state index is 0.0253.